The van der Waals surface area contributed by atoms with Gasteiger partial charge in [-0.1, -0.05) is 90.4 Å². The monoisotopic (exact) mass is 474 g/mol. The van der Waals surface area contributed by atoms with E-state index in [-0.39, 0.29) is 22.8 Å². The third kappa shape index (κ3) is 4.52. The summed E-state index contributed by atoms with van der Waals surface area (Å²) in [6.07, 6.45) is 3.57. The Morgan fingerprint density at radius 1 is 1.07 bits per heavy atom. The molecule has 1 saturated carbocycles. The molecule has 0 aromatic heterocycles. The molecule has 3 rings (SSSR count). The van der Waals surface area contributed by atoms with Crippen LogP contribution in [0.2, 0.25) is 5.04 Å². The van der Waals surface area contributed by atoms with Crippen molar-refractivity contribution in [2.75, 3.05) is 7.11 Å². The van der Waals surface area contributed by atoms with Gasteiger partial charge < -0.3 is 9.53 Å². The molecule has 1 aliphatic carbocycles. The van der Waals surface area contributed by atoms with E-state index in [0.717, 1.165) is 36.1 Å². The highest BCUT2D eigenvalue weighted by molar-refractivity contribution is 9.09. The lowest BCUT2D eigenvalue weighted by atomic mass is 9.89. The molecule has 1 N–H and O–H groups in total. The summed E-state index contributed by atoms with van der Waals surface area (Å²) in [4.78, 5) is 24.9. The Balaban J connectivity index is 1.89. The minimum atomic E-state index is -3.00. The molecule has 3 nitrogen and oxygen atoms in total. The van der Waals surface area contributed by atoms with Crippen LogP contribution in [0.4, 0.5) is 0 Å². The normalized spacial score (nSPS) is 22.4. The number of hydrogen-bond donors (Lipinski definition) is 1. The molecule has 2 aromatic carbocycles. The van der Waals surface area contributed by atoms with Crippen LogP contribution in [0.3, 0.4) is 0 Å². The summed E-state index contributed by atoms with van der Waals surface area (Å²) in [6.45, 7) is 4.37. The average Bonchev–Trinajstić information content (AvgIpc) is 3.13. The molecule has 0 unspecified atom stereocenters. The zero-order valence-corrected chi connectivity index (χ0v) is 20.1. The number of carbonyl (C=O) groups is 1. The van der Waals surface area contributed by atoms with Gasteiger partial charge in [-0.2, -0.15) is 0 Å². The first-order valence-electron chi connectivity index (χ1n) is 10.3. The van der Waals surface area contributed by atoms with Crippen molar-refractivity contribution in [3.8, 4) is 0 Å². The summed E-state index contributed by atoms with van der Waals surface area (Å²) < 4.78 is 5.05. The number of halogens is 1. The number of carbonyl (C=O) groups excluding carboxylic acids is 1. The predicted molar refractivity (Wildman–Crippen MR) is 124 cm³/mol. The molecule has 2 aromatic rings. The quantitative estimate of drug-likeness (QED) is 0.370. The predicted octanol–water partition coefficient (Wildman–Crippen LogP) is 4.26. The summed E-state index contributed by atoms with van der Waals surface area (Å²) in [5, 5.41) is 1.77. The van der Waals surface area contributed by atoms with E-state index in [1.807, 2.05) is 36.4 Å². The minimum Gasteiger partial charge on any atom is -0.469 e. The van der Waals surface area contributed by atoms with Crippen LogP contribution in [0.1, 0.15) is 39.5 Å². The third-order valence-corrected chi connectivity index (χ3v) is 11.9. The van der Waals surface area contributed by atoms with Crippen LogP contribution in [0.5, 0.6) is 0 Å². The van der Waals surface area contributed by atoms with Gasteiger partial charge in [-0.05, 0) is 47.0 Å². The molecule has 0 radical (unpaired) electrons. The molecule has 3 atom stereocenters. The number of alkyl halides is 1. The lowest BCUT2D eigenvalue weighted by molar-refractivity contribution is -0.146. The lowest BCUT2D eigenvalue weighted by Gasteiger charge is -2.42. The summed E-state index contributed by atoms with van der Waals surface area (Å²) in [7, 11) is -1.53. The fourth-order valence-electron chi connectivity index (χ4n) is 4.85. The first kappa shape index (κ1) is 22.3. The number of methoxy groups -OCH3 is 1. The third-order valence-electron chi connectivity index (χ3n) is 6.64. The first-order valence-corrected chi connectivity index (χ1v) is 13.2. The van der Waals surface area contributed by atoms with E-state index in [2.05, 4.69) is 54.0 Å². The highest BCUT2D eigenvalue weighted by Gasteiger charge is 2.50. The maximum absolute atomic E-state index is 12.3. The number of esters is 1. The summed E-state index contributed by atoms with van der Waals surface area (Å²) >= 11 is 3.70. The highest BCUT2D eigenvalue weighted by atomic mass is 79.9. The van der Waals surface area contributed by atoms with E-state index in [0.29, 0.717) is 4.83 Å². The van der Waals surface area contributed by atoms with E-state index >= 15 is 0 Å². The van der Waals surface area contributed by atoms with Gasteiger partial charge in [-0.3, -0.25) is 4.79 Å². The van der Waals surface area contributed by atoms with Crippen molar-refractivity contribution in [1.82, 2.24) is 0 Å². The van der Waals surface area contributed by atoms with Crippen molar-refractivity contribution < 1.29 is 14.3 Å². The number of hydrogen-bond acceptors (Lipinski definition) is 3. The molecule has 1 fully saturated rings. The van der Waals surface area contributed by atoms with Crippen molar-refractivity contribution in [3.05, 3.63) is 60.7 Å². The molecule has 5 heteroatoms. The molecule has 1 aliphatic rings. The SMILES string of the molecule is COC(=O)[C@H]1C[C@@H](Br)C[C@H]1CCC(C)(C)[Si](O)(c1ccccc1)c1ccccc1. The van der Waals surface area contributed by atoms with E-state index < -0.39 is 8.32 Å². The zero-order chi connectivity index (χ0) is 21.1. The smallest absolute Gasteiger partial charge is 0.308 e. The fourth-order valence-corrected chi connectivity index (χ4v) is 9.49. The molecule has 29 heavy (non-hydrogen) atoms. The largest absolute Gasteiger partial charge is 0.469 e. The standard InChI is InChI=1S/C24H31BrO3Si/c1-24(2,15-14-18-16-19(25)17-22(18)23(26)28-3)29(27,20-10-6-4-7-11-20)21-12-8-5-9-13-21/h4-13,18-19,22,27H,14-17H2,1-3H3/t18-,19+,22+/m1/s1. The van der Waals surface area contributed by atoms with E-state index in [4.69, 9.17) is 4.74 Å². The molecule has 0 amide bonds. The van der Waals surface area contributed by atoms with Crippen molar-refractivity contribution in [2.24, 2.45) is 11.8 Å². The van der Waals surface area contributed by atoms with Gasteiger partial charge in [0.1, 0.15) is 0 Å². The molecular weight excluding hydrogens is 444 g/mol. The number of ether oxygens (including phenoxy) is 1. The second-order valence-electron chi connectivity index (χ2n) is 8.82. The summed E-state index contributed by atoms with van der Waals surface area (Å²) in [5.41, 5.74) is 0. The van der Waals surface area contributed by atoms with Crippen molar-refractivity contribution in [1.29, 1.82) is 0 Å². The van der Waals surface area contributed by atoms with Gasteiger partial charge >= 0.3 is 5.97 Å². The van der Waals surface area contributed by atoms with E-state index in [1.54, 1.807) is 0 Å². The average molecular weight is 475 g/mol. The molecule has 0 aliphatic heterocycles. The van der Waals surface area contributed by atoms with E-state index in [9.17, 15) is 9.59 Å². The van der Waals surface area contributed by atoms with Crippen LogP contribution in [-0.2, 0) is 9.53 Å². The zero-order valence-electron chi connectivity index (χ0n) is 17.5. The molecule has 0 bridgehead atoms. The van der Waals surface area contributed by atoms with Gasteiger partial charge in [0.05, 0.1) is 13.0 Å². The van der Waals surface area contributed by atoms with Gasteiger partial charge in [0.2, 0.25) is 0 Å². The van der Waals surface area contributed by atoms with Crippen LogP contribution >= 0.6 is 15.9 Å². The number of rotatable bonds is 7. The molecular formula is C24H31BrO3Si. The minimum absolute atomic E-state index is 0.0524. The van der Waals surface area contributed by atoms with Gasteiger partial charge in [-0.15, -0.1) is 0 Å². The van der Waals surface area contributed by atoms with Gasteiger partial charge in [0.15, 0.2) is 0 Å². The van der Waals surface area contributed by atoms with Gasteiger partial charge in [-0.25, -0.2) is 0 Å². The maximum Gasteiger partial charge on any atom is 0.308 e. The van der Waals surface area contributed by atoms with Crippen molar-refractivity contribution >= 4 is 40.6 Å². The Labute approximate surface area is 183 Å². The summed E-state index contributed by atoms with van der Waals surface area (Å²) in [5.74, 6) is 0.132. The van der Waals surface area contributed by atoms with Crippen LogP contribution in [-0.4, -0.2) is 31.0 Å². The Kier molecular flexibility index (Phi) is 7.02. The Hall–Kier alpha value is -1.43. The van der Waals surface area contributed by atoms with E-state index in [1.165, 1.54) is 7.11 Å². The molecule has 156 valence electrons. The first-order chi connectivity index (χ1) is 13.8. The Morgan fingerprint density at radius 2 is 1.59 bits per heavy atom. The van der Waals surface area contributed by atoms with Crippen molar-refractivity contribution in [2.45, 2.75) is 49.4 Å². The van der Waals surface area contributed by atoms with Crippen molar-refractivity contribution in [3.63, 3.8) is 0 Å². The summed E-state index contributed by atoms with van der Waals surface area (Å²) in [6, 6.07) is 20.2. The highest BCUT2D eigenvalue weighted by Crippen LogP contribution is 2.45. The lowest BCUT2D eigenvalue weighted by Crippen LogP contribution is -2.65. The van der Waals surface area contributed by atoms with Gasteiger partial charge in [0, 0.05) is 4.83 Å². The Morgan fingerprint density at radius 3 is 2.07 bits per heavy atom. The maximum atomic E-state index is 12.3. The second-order valence-corrected chi connectivity index (χ2v) is 14.0. The van der Waals surface area contributed by atoms with Gasteiger partial charge in [0.25, 0.3) is 8.32 Å². The van der Waals surface area contributed by atoms with Crippen LogP contribution in [0.25, 0.3) is 0 Å². The van der Waals surface area contributed by atoms with Crippen LogP contribution < -0.4 is 10.4 Å². The molecule has 0 spiro atoms. The molecule has 0 heterocycles. The van der Waals surface area contributed by atoms with Crippen LogP contribution in [0.15, 0.2) is 60.7 Å². The second kappa shape index (κ2) is 9.15. The van der Waals surface area contributed by atoms with Crippen LogP contribution in [0, 0.1) is 11.8 Å². The fraction of sp³-hybridized carbons (Fsp3) is 0.458. The molecule has 0 saturated heterocycles. The topological polar surface area (TPSA) is 46.5 Å². The Bertz CT molecular complexity index is 770. The number of benzene rings is 2.